The molecule has 0 saturated heterocycles. The van der Waals surface area contributed by atoms with Gasteiger partial charge in [0.2, 0.25) is 0 Å². The minimum atomic E-state index is -1.46. The summed E-state index contributed by atoms with van der Waals surface area (Å²) in [6.07, 6.45) is 6.76. The first-order valence-corrected chi connectivity index (χ1v) is 8.29. The fraction of sp³-hybridized carbons (Fsp3) is 0.357. The van der Waals surface area contributed by atoms with E-state index in [1.165, 1.54) is 28.3 Å². The van der Waals surface area contributed by atoms with E-state index in [4.69, 9.17) is 11.6 Å². The lowest BCUT2D eigenvalue weighted by molar-refractivity contribution is -0.132. The molecule has 0 radical (unpaired) electrons. The van der Waals surface area contributed by atoms with Gasteiger partial charge in [0, 0.05) is 19.0 Å². The molecule has 0 aliphatic heterocycles. The molecule has 1 N–H and O–H groups in total. The molecule has 6 nitrogen and oxygen atoms in total. The van der Waals surface area contributed by atoms with Gasteiger partial charge in [-0.2, -0.15) is 16.9 Å². The van der Waals surface area contributed by atoms with Crippen LogP contribution in [-0.4, -0.2) is 50.4 Å². The number of thioether (sulfide) groups is 1. The van der Waals surface area contributed by atoms with Crippen molar-refractivity contribution in [2.24, 2.45) is 0 Å². The number of hydrogen-bond acceptors (Lipinski definition) is 5. The van der Waals surface area contributed by atoms with Gasteiger partial charge >= 0.3 is 0 Å². The molecule has 0 aromatic carbocycles. The lowest BCUT2D eigenvalue weighted by atomic mass is 10.1. The van der Waals surface area contributed by atoms with Crippen molar-refractivity contribution in [2.45, 2.75) is 12.5 Å². The van der Waals surface area contributed by atoms with Crippen LogP contribution in [0.1, 0.15) is 6.92 Å². The number of nitrogens with zero attached hydrogens (tertiary/aromatic N) is 4. The number of carbonyl (C=O) groups is 1. The Bertz CT molecular complexity index is 660. The van der Waals surface area contributed by atoms with Crippen molar-refractivity contribution in [1.82, 2.24) is 14.8 Å². The summed E-state index contributed by atoms with van der Waals surface area (Å²) in [6.45, 7) is 1.49. The lowest BCUT2D eigenvalue weighted by Crippen LogP contribution is -2.47. The van der Waals surface area contributed by atoms with E-state index in [2.05, 4.69) is 10.1 Å². The average molecular weight is 341 g/mol. The van der Waals surface area contributed by atoms with E-state index in [0.717, 1.165) is 5.69 Å². The van der Waals surface area contributed by atoms with E-state index in [9.17, 15) is 9.90 Å². The second-order valence-electron chi connectivity index (χ2n) is 5.03. The molecule has 2 aromatic rings. The number of amides is 1. The van der Waals surface area contributed by atoms with Crippen molar-refractivity contribution in [3.63, 3.8) is 0 Å². The Hall–Kier alpha value is -1.57. The molecule has 8 heteroatoms. The fourth-order valence-corrected chi connectivity index (χ4v) is 2.95. The summed E-state index contributed by atoms with van der Waals surface area (Å²) >= 11 is 7.52. The number of aromatic nitrogens is 3. The Kier molecular flexibility index (Phi) is 5.10. The molecule has 0 spiro atoms. The smallest absolute Gasteiger partial charge is 0.259 e. The molecule has 118 valence electrons. The number of hydrogen-bond donors (Lipinski definition) is 1. The number of halogens is 1. The standard InChI is InChI=1S/C14H17ClN4O2S/c1-14(21,9-22-3)13(20)18(2)11-8-19(17-12(11)15)10-5-4-6-16-7-10/h4-8,21H,9H2,1-3H3. The number of pyridine rings is 1. The highest BCUT2D eigenvalue weighted by atomic mass is 35.5. The predicted molar refractivity (Wildman–Crippen MR) is 88.8 cm³/mol. The summed E-state index contributed by atoms with van der Waals surface area (Å²) in [4.78, 5) is 17.7. The van der Waals surface area contributed by atoms with Crippen LogP contribution in [0.2, 0.25) is 5.15 Å². The van der Waals surface area contributed by atoms with E-state index in [-0.39, 0.29) is 5.15 Å². The zero-order valence-electron chi connectivity index (χ0n) is 12.5. The molecule has 1 unspecified atom stereocenters. The van der Waals surface area contributed by atoms with Crippen LogP contribution in [0.4, 0.5) is 5.69 Å². The van der Waals surface area contributed by atoms with Gasteiger partial charge in [0.05, 0.1) is 18.1 Å². The van der Waals surface area contributed by atoms with Gasteiger partial charge in [-0.25, -0.2) is 4.68 Å². The van der Waals surface area contributed by atoms with E-state index < -0.39 is 11.5 Å². The number of aliphatic hydroxyl groups is 1. The van der Waals surface area contributed by atoms with Crippen LogP contribution in [-0.2, 0) is 4.79 Å². The van der Waals surface area contributed by atoms with Crippen LogP contribution in [0.15, 0.2) is 30.7 Å². The van der Waals surface area contributed by atoms with Gasteiger partial charge in [-0.15, -0.1) is 0 Å². The molecule has 1 atom stereocenters. The van der Waals surface area contributed by atoms with Crippen LogP contribution in [0.25, 0.3) is 5.69 Å². The van der Waals surface area contributed by atoms with Crippen molar-refractivity contribution >= 4 is 35.0 Å². The third-order valence-electron chi connectivity index (χ3n) is 3.11. The Balaban J connectivity index is 2.30. The predicted octanol–water partition coefficient (Wildman–Crippen LogP) is 2.00. The zero-order chi connectivity index (χ0) is 16.3. The zero-order valence-corrected chi connectivity index (χ0v) is 14.1. The normalized spacial score (nSPS) is 13.7. The summed E-state index contributed by atoms with van der Waals surface area (Å²) in [5, 5.41) is 14.6. The molecule has 22 heavy (non-hydrogen) atoms. The molecular weight excluding hydrogens is 324 g/mol. The summed E-state index contributed by atoms with van der Waals surface area (Å²) in [5.41, 5.74) is -0.308. The summed E-state index contributed by atoms with van der Waals surface area (Å²) in [7, 11) is 1.56. The first kappa shape index (κ1) is 16.8. The quantitative estimate of drug-likeness (QED) is 0.901. The molecule has 0 aliphatic rings. The number of carbonyl (C=O) groups excluding carboxylic acids is 1. The van der Waals surface area contributed by atoms with Crippen LogP contribution in [0, 0.1) is 0 Å². The van der Waals surface area contributed by atoms with Crippen LogP contribution >= 0.6 is 23.4 Å². The Morgan fingerprint density at radius 1 is 1.59 bits per heavy atom. The second-order valence-corrected chi connectivity index (χ2v) is 6.26. The average Bonchev–Trinajstić information content (AvgIpc) is 2.88. The van der Waals surface area contributed by atoms with E-state index in [1.54, 1.807) is 31.7 Å². The third-order valence-corrected chi connectivity index (χ3v) is 4.23. The molecule has 2 rings (SSSR count). The molecule has 0 aliphatic carbocycles. The van der Waals surface area contributed by atoms with Gasteiger partial charge in [-0.3, -0.25) is 9.78 Å². The highest BCUT2D eigenvalue weighted by Gasteiger charge is 2.34. The maximum atomic E-state index is 12.4. The molecule has 2 aromatic heterocycles. The van der Waals surface area contributed by atoms with Gasteiger partial charge in [0.15, 0.2) is 5.15 Å². The van der Waals surface area contributed by atoms with Crippen molar-refractivity contribution in [3.05, 3.63) is 35.9 Å². The molecule has 0 bridgehead atoms. The minimum Gasteiger partial charge on any atom is -0.379 e. The Labute approximate surface area is 138 Å². The maximum absolute atomic E-state index is 12.4. The third kappa shape index (κ3) is 3.43. The van der Waals surface area contributed by atoms with Crippen molar-refractivity contribution < 1.29 is 9.90 Å². The number of anilines is 1. The van der Waals surface area contributed by atoms with Crippen molar-refractivity contribution in [1.29, 1.82) is 0 Å². The van der Waals surface area contributed by atoms with Gasteiger partial charge in [0.1, 0.15) is 11.3 Å². The molecule has 0 saturated carbocycles. The minimum absolute atomic E-state index is 0.180. The Morgan fingerprint density at radius 3 is 2.91 bits per heavy atom. The first-order valence-electron chi connectivity index (χ1n) is 6.52. The molecule has 2 heterocycles. The van der Waals surface area contributed by atoms with Gasteiger partial charge in [-0.1, -0.05) is 11.6 Å². The monoisotopic (exact) mass is 340 g/mol. The second kappa shape index (κ2) is 6.68. The molecular formula is C14H17ClN4O2S. The fourth-order valence-electron chi connectivity index (χ4n) is 2.00. The summed E-state index contributed by atoms with van der Waals surface area (Å²) in [5.74, 6) is -0.139. The molecule has 1 amide bonds. The van der Waals surface area contributed by atoms with Crippen LogP contribution < -0.4 is 4.90 Å². The topological polar surface area (TPSA) is 71.2 Å². The van der Waals surface area contributed by atoms with Crippen molar-refractivity contribution in [3.8, 4) is 5.69 Å². The van der Waals surface area contributed by atoms with Gasteiger partial charge in [-0.05, 0) is 25.3 Å². The maximum Gasteiger partial charge on any atom is 0.259 e. The van der Waals surface area contributed by atoms with Crippen LogP contribution in [0.3, 0.4) is 0 Å². The Morgan fingerprint density at radius 2 is 2.32 bits per heavy atom. The largest absolute Gasteiger partial charge is 0.379 e. The highest BCUT2D eigenvalue weighted by molar-refractivity contribution is 7.98. The number of likely N-dealkylation sites (N-methyl/N-ethyl adjacent to an activating group) is 1. The van der Waals surface area contributed by atoms with Gasteiger partial charge < -0.3 is 10.0 Å². The van der Waals surface area contributed by atoms with E-state index in [1.807, 2.05) is 12.3 Å². The highest BCUT2D eigenvalue weighted by Crippen LogP contribution is 2.27. The molecule has 0 fully saturated rings. The van der Waals surface area contributed by atoms with E-state index >= 15 is 0 Å². The summed E-state index contributed by atoms with van der Waals surface area (Å²) < 4.78 is 1.54. The SMILES string of the molecule is CSCC(C)(O)C(=O)N(C)c1cn(-c2cccnc2)nc1Cl. The van der Waals surface area contributed by atoms with E-state index in [0.29, 0.717) is 11.4 Å². The van der Waals surface area contributed by atoms with Crippen LogP contribution in [0.5, 0.6) is 0 Å². The van der Waals surface area contributed by atoms with Crippen molar-refractivity contribution in [2.75, 3.05) is 24.0 Å². The van der Waals surface area contributed by atoms with Gasteiger partial charge in [0.25, 0.3) is 5.91 Å². The first-order chi connectivity index (χ1) is 10.4. The number of rotatable bonds is 5. The lowest BCUT2D eigenvalue weighted by Gasteiger charge is -2.26. The summed E-state index contributed by atoms with van der Waals surface area (Å²) in [6, 6.07) is 3.61.